The molecular weight excluding hydrogens is 391 g/mol. The molecule has 0 saturated heterocycles. The molecule has 1 unspecified atom stereocenters. The maximum atomic E-state index is 10.8. The highest BCUT2D eigenvalue weighted by atomic mass is 127. The lowest BCUT2D eigenvalue weighted by Gasteiger charge is -2.16. The van der Waals surface area contributed by atoms with Gasteiger partial charge in [-0.05, 0) is 59.3 Å². The summed E-state index contributed by atoms with van der Waals surface area (Å²) in [6, 6.07) is 12.7. The first kappa shape index (κ1) is 15.1. The van der Waals surface area contributed by atoms with Crippen molar-refractivity contribution in [2.45, 2.75) is 13.0 Å². The first-order chi connectivity index (χ1) is 9.47. The Hall–Kier alpha value is -1.34. The summed E-state index contributed by atoms with van der Waals surface area (Å²) in [6.45, 7) is 2.01. The molecule has 2 rings (SSSR count). The van der Waals surface area contributed by atoms with E-state index in [9.17, 15) is 10.1 Å². The monoisotopic (exact) mass is 402 g/mol. The lowest BCUT2D eigenvalue weighted by molar-refractivity contribution is -0.385. The van der Waals surface area contributed by atoms with Gasteiger partial charge >= 0.3 is 0 Å². The zero-order valence-corrected chi connectivity index (χ0v) is 13.6. The highest BCUT2D eigenvalue weighted by Crippen LogP contribution is 2.27. The normalized spacial score (nSPS) is 11.9. The minimum absolute atomic E-state index is 0.0611. The van der Waals surface area contributed by atoms with E-state index in [1.54, 1.807) is 12.1 Å². The molecule has 0 aromatic heterocycles. The van der Waals surface area contributed by atoms with Crippen LogP contribution in [0.15, 0.2) is 42.5 Å². The zero-order valence-electron chi connectivity index (χ0n) is 10.6. The third kappa shape index (κ3) is 3.61. The molecule has 4 nitrogen and oxygen atoms in total. The van der Waals surface area contributed by atoms with Gasteiger partial charge in [0.25, 0.3) is 5.69 Å². The van der Waals surface area contributed by atoms with Crippen molar-refractivity contribution < 1.29 is 4.92 Å². The third-order valence-electron chi connectivity index (χ3n) is 2.88. The second-order valence-electron chi connectivity index (χ2n) is 4.34. The molecule has 6 heteroatoms. The van der Waals surface area contributed by atoms with E-state index in [1.807, 2.05) is 53.8 Å². The fourth-order valence-electron chi connectivity index (χ4n) is 1.85. The van der Waals surface area contributed by atoms with Crippen LogP contribution >= 0.6 is 34.2 Å². The molecule has 0 amide bonds. The Labute approximate surface area is 135 Å². The molecule has 104 valence electrons. The summed E-state index contributed by atoms with van der Waals surface area (Å²) in [5.74, 6) is 0. The maximum Gasteiger partial charge on any atom is 0.282 e. The largest absolute Gasteiger partial charge is 0.378 e. The molecule has 0 aliphatic heterocycles. The molecule has 0 fully saturated rings. The number of hydrogen-bond donors (Lipinski definition) is 1. The van der Waals surface area contributed by atoms with Gasteiger partial charge in [0.05, 0.1) is 8.49 Å². The molecule has 1 N–H and O–H groups in total. The van der Waals surface area contributed by atoms with Crippen LogP contribution in [0.4, 0.5) is 11.4 Å². The molecular formula is C14H12ClIN2O2. The van der Waals surface area contributed by atoms with E-state index < -0.39 is 0 Å². The number of nitro benzene ring substituents is 1. The summed E-state index contributed by atoms with van der Waals surface area (Å²) in [7, 11) is 0. The molecule has 0 aliphatic rings. The van der Waals surface area contributed by atoms with Crippen LogP contribution in [-0.2, 0) is 0 Å². The summed E-state index contributed by atoms with van der Waals surface area (Å²) in [6.07, 6.45) is 0. The van der Waals surface area contributed by atoms with Crippen LogP contribution in [0.1, 0.15) is 18.5 Å². The van der Waals surface area contributed by atoms with Gasteiger partial charge in [-0.25, -0.2) is 0 Å². The van der Waals surface area contributed by atoms with Crippen LogP contribution in [0, 0.1) is 13.7 Å². The molecule has 0 radical (unpaired) electrons. The van der Waals surface area contributed by atoms with E-state index in [-0.39, 0.29) is 16.7 Å². The number of anilines is 1. The van der Waals surface area contributed by atoms with Crippen LogP contribution < -0.4 is 5.32 Å². The van der Waals surface area contributed by atoms with Gasteiger partial charge in [0.1, 0.15) is 0 Å². The quantitative estimate of drug-likeness (QED) is 0.443. The van der Waals surface area contributed by atoms with Crippen molar-refractivity contribution in [2.75, 3.05) is 5.32 Å². The van der Waals surface area contributed by atoms with Crippen molar-refractivity contribution in [3.63, 3.8) is 0 Å². The Morgan fingerprint density at radius 3 is 2.65 bits per heavy atom. The number of halogens is 2. The summed E-state index contributed by atoms with van der Waals surface area (Å²) in [4.78, 5) is 10.4. The Morgan fingerprint density at radius 2 is 2.05 bits per heavy atom. The van der Waals surface area contributed by atoms with E-state index in [0.717, 1.165) is 11.3 Å². The summed E-state index contributed by atoms with van der Waals surface area (Å²) in [5, 5.41) is 14.8. The third-order valence-corrected chi connectivity index (χ3v) is 3.98. The summed E-state index contributed by atoms with van der Waals surface area (Å²) >= 11 is 7.93. The van der Waals surface area contributed by atoms with E-state index in [1.165, 1.54) is 6.07 Å². The standard InChI is InChI=1S/C14H12ClIN2O2/c1-9(10-3-2-4-11(15)7-10)17-12-5-6-14(18(19)20)13(16)8-12/h2-9,17H,1H3. The maximum absolute atomic E-state index is 10.8. The van der Waals surface area contributed by atoms with E-state index in [4.69, 9.17) is 11.6 Å². The Bertz CT molecular complexity index is 649. The molecule has 2 aromatic carbocycles. The molecule has 20 heavy (non-hydrogen) atoms. The first-order valence-electron chi connectivity index (χ1n) is 5.93. The second kappa shape index (κ2) is 6.41. The van der Waals surface area contributed by atoms with Gasteiger partial charge in [-0.3, -0.25) is 10.1 Å². The number of benzene rings is 2. The first-order valence-corrected chi connectivity index (χ1v) is 7.39. The molecule has 0 saturated carbocycles. The molecule has 0 spiro atoms. The second-order valence-corrected chi connectivity index (χ2v) is 5.94. The van der Waals surface area contributed by atoms with Crippen LogP contribution in [0.3, 0.4) is 0 Å². The SMILES string of the molecule is CC(Nc1ccc([N+](=O)[O-])c(I)c1)c1cccc(Cl)c1. The Balaban J connectivity index is 2.18. The number of hydrogen-bond acceptors (Lipinski definition) is 3. The van der Waals surface area contributed by atoms with Crippen molar-refractivity contribution in [1.29, 1.82) is 0 Å². The van der Waals surface area contributed by atoms with Gasteiger partial charge in [0.2, 0.25) is 0 Å². The fraction of sp³-hybridized carbons (Fsp3) is 0.143. The van der Waals surface area contributed by atoms with Gasteiger partial charge in [-0.1, -0.05) is 23.7 Å². The van der Waals surface area contributed by atoms with Crippen molar-refractivity contribution in [2.24, 2.45) is 0 Å². The van der Waals surface area contributed by atoms with E-state index in [2.05, 4.69) is 5.32 Å². The van der Waals surface area contributed by atoms with Gasteiger partial charge in [-0.2, -0.15) is 0 Å². The van der Waals surface area contributed by atoms with Crippen LogP contribution in [0.5, 0.6) is 0 Å². The Kier molecular flexibility index (Phi) is 4.82. The number of nitrogens with zero attached hydrogens (tertiary/aromatic N) is 1. The molecule has 1 atom stereocenters. The predicted octanol–water partition coefficient (Wildman–Crippen LogP) is 5.03. The Morgan fingerprint density at radius 1 is 1.30 bits per heavy atom. The molecule has 0 bridgehead atoms. The lowest BCUT2D eigenvalue weighted by atomic mass is 10.1. The van der Waals surface area contributed by atoms with Crippen molar-refractivity contribution in [1.82, 2.24) is 0 Å². The lowest BCUT2D eigenvalue weighted by Crippen LogP contribution is -2.07. The average Bonchev–Trinajstić information content (AvgIpc) is 2.38. The smallest absolute Gasteiger partial charge is 0.282 e. The molecule has 2 aromatic rings. The highest BCUT2D eigenvalue weighted by molar-refractivity contribution is 14.1. The summed E-state index contributed by atoms with van der Waals surface area (Å²) in [5.41, 5.74) is 2.02. The van der Waals surface area contributed by atoms with Gasteiger partial charge < -0.3 is 5.32 Å². The minimum atomic E-state index is -0.383. The van der Waals surface area contributed by atoms with Crippen molar-refractivity contribution >= 4 is 45.6 Å². The van der Waals surface area contributed by atoms with Crippen molar-refractivity contribution in [3.05, 3.63) is 66.7 Å². The van der Waals surface area contributed by atoms with Gasteiger partial charge in [0.15, 0.2) is 0 Å². The van der Waals surface area contributed by atoms with E-state index in [0.29, 0.717) is 8.59 Å². The van der Waals surface area contributed by atoms with E-state index >= 15 is 0 Å². The molecule has 0 aliphatic carbocycles. The topological polar surface area (TPSA) is 55.2 Å². The van der Waals surface area contributed by atoms with Gasteiger partial charge in [-0.15, -0.1) is 0 Å². The average molecular weight is 403 g/mol. The fourth-order valence-corrected chi connectivity index (χ4v) is 2.76. The predicted molar refractivity (Wildman–Crippen MR) is 89.3 cm³/mol. The molecule has 0 heterocycles. The van der Waals surface area contributed by atoms with Gasteiger partial charge in [0, 0.05) is 22.8 Å². The van der Waals surface area contributed by atoms with Crippen LogP contribution in [0.2, 0.25) is 5.02 Å². The minimum Gasteiger partial charge on any atom is -0.378 e. The number of nitro groups is 1. The summed E-state index contributed by atoms with van der Waals surface area (Å²) < 4.78 is 0.607. The zero-order chi connectivity index (χ0) is 14.7. The number of rotatable bonds is 4. The number of nitrogens with one attached hydrogen (secondary N) is 1. The highest BCUT2D eigenvalue weighted by Gasteiger charge is 2.13. The van der Waals surface area contributed by atoms with Crippen LogP contribution in [-0.4, -0.2) is 4.92 Å². The van der Waals surface area contributed by atoms with Crippen molar-refractivity contribution in [3.8, 4) is 0 Å². The van der Waals surface area contributed by atoms with Crippen LogP contribution in [0.25, 0.3) is 0 Å².